The standard InChI is InChI=1S/C16H29N3/c1-2-10-17-15(13-16-18-11-12-19-16)9-8-14-6-4-3-5-7-14/h11-12,14-15,17H,2-10,13H2,1H3,(H,18,19). The molecule has 0 bridgehead atoms. The van der Waals surface area contributed by atoms with Crippen LogP contribution < -0.4 is 5.32 Å². The molecule has 1 aliphatic carbocycles. The van der Waals surface area contributed by atoms with Gasteiger partial charge in [0, 0.05) is 24.9 Å². The van der Waals surface area contributed by atoms with Crippen LogP contribution in [-0.4, -0.2) is 22.6 Å². The van der Waals surface area contributed by atoms with E-state index >= 15 is 0 Å². The van der Waals surface area contributed by atoms with Gasteiger partial charge >= 0.3 is 0 Å². The Morgan fingerprint density at radius 2 is 2.21 bits per heavy atom. The topological polar surface area (TPSA) is 40.7 Å². The van der Waals surface area contributed by atoms with E-state index in [1.165, 1.54) is 51.4 Å². The summed E-state index contributed by atoms with van der Waals surface area (Å²) in [6.07, 6.45) is 16.0. The van der Waals surface area contributed by atoms with E-state index in [0.717, 1.165) is 24.7 Å². The van der Waals surface area contributed by atoms with E-state index in [9.17, 15) is 0 Å². The maximum Gasteiger partial charge on any atom is 0.107 e. The summed E-state index contributed by atoms with van der Waals surface area (Å²) < 4.78 is 0. The molecule has 1 fully saturated rings. The average Bonchev–Trinajstić information content (AvgIpc) is 2.96. The van der Waals surface area contributed by atoms with Crippen molar-refractivity contribution in [3.05, 3.63) is 18.2 Å². The molecule has 19 heavy (non-hydrogen) atoms. The minimum absolute atomic E-state index is 0.591. The van der Waals surface area contributed by atoms with Crippen molar-refractivity contribution >= 4 is 0 Å². The van der Waals surface area contributed by atoms with Crippen molar-refractivity contribution in [2.45, 2.75) is 70.8 Å². The molecule has 1 atom stereocenters. The number of hydrogen-bond donors (Lipinski definition) is 2. The first-order valence-corrected chi connectivity index (χ1v) is 8.10. The quantitative estimate of drug-likeness (QED) is 0.751. The summed E-state index contributed by atoms with van der Waals surface area (Å²) in [5.41, 5.74) is 0. The summed E-state index contributed by atoms with van der Waals surface area (Å²) in [6, 6.07) is 0.591. The van der Waals surface area contributed by atoms with Crippen LogP contribution in [0.5, 0.6) is 0 Å². The van der Waals surface area contributed by atoms with Gasteiger partial charge in [0.25, 0.3) is 0 Å². The fourth-order valence-corrected chi connectivity index (χ4v) is 3.18. The van der Waals surface area contributed by atoms with Crippen molar-refractivity contribution in [2.75, 3.05) is 6.54 Å². The molecular weight excluding hydrogens is 234 g/mol. The van der Waals surface area contributed by atoms with Gasteiger partial charge in [0.15, 0.2) is 0 Å². The monoisotopic (exact) mass is 263 g/mol. The van der Waals surface area contributed by atoms with Gasteiger partial charge in [-0.25, -0.2) is 4.98 Å². The van der Waals surface area contributed by atoms with E-state index in [1.54, 1.807) is 0 Å². The van der Waals surface area contributed by atoms with Crippen LogP contribution in [0.2, 0.25) is 0 Å². The van der Waals surface area contributed by atoms with Gasteiger partial charge in [-0.15, -0.1) is 0 Å². The van der Waals surface area contributed by atoms with E-state index in [0.29, 0.717) is 6.04 Å². The van der Waals surface area contributed by atoms with Crippen LogP contribution >= 0.6 is 0 Å². The van der Waals surface area contributed by atoms with E-state index in [-0.39, 0.29) is 0 Å². The lowest BCUT2D eigenvalue weighted by molar-refractivity contribution is 0.311. The summed E-state index contributed by atoms with van der Waals surface area (Å²) in [4.78, 5) is 7.59. The second-order valence-electron chi connectivity index (χ2n) is 5.97. The first kappa shape index (κ1) is 14.6. The molecule has 3 heteroatoms. The zero-order chi connectivity index (χ0) is 13.3. The fraction of sp³-hybridized carbons (Fsp3) is 0.812. The van der Waals surface area contributed by atoms with Gasteiger partial charge in [0.2, 0.25) is 0 Å². The molecule has 1 unspecified atom stereocenters. The largest absolute Gasteiger partial charge is 0.349 e. The zero-order valence-electron chi connectivity index (χ0n) is 12.3. The highest BCUT2D eigenvalue weighted by atomic mass is 14.9. The average molecular weight is 263 g/mol. The predicted molar refractivity (Wildman–Crippen MR) is 80.2 cm³/mol. The van der Waals surface area contributed by atoms with E-state index in [2.05, 4.69) is 22.2 Å². The van der Waals surface area contributed by atoms with Gasteiger partial charge in [0.05, 0.1) is 0 Å². The fourth-order valence-electron chi connectivity index (χ4n) is 3.18. The number of hydrogen-bond acceptors (Lipinski definition) is 2. The van der Waals surface area contributed by atoms with Gasteiger partial charge < -0.3 is 10.3 Å². The Balaban J connectivity index is 1.75. The predicted octanol–water partition coefficient (Wildman–Crippen LogP) is 3.68. The Hall–Kier alpha value is -0.830. The van der Waals surface area contributed by atoms with Crippen LogP contribution in [0.3, 0.4) is 0 Å². The second kappa shape index (κ2) is 8.36. The third-order valence-corrected chi connectivity index (χ3v) is 4.33. The summed E-state index contributed by atoms with van der Waals surface area (Å²) in [6.45, 7) is 3.36. The van der Waals surface area contributed by atoms with Crippen molar-refractivity contribution < 1.29 is 0 Å². The minimum Gasteiger partial charge on any atom is -0.349 e. The number of aromatic amines is 1. The third kappa shape index (κ3) is 5.35. The molecule has 1 aromatic rings. The smallest absolute Gasteiger partial charge is 0.107 e. The summed E-state index contributed by atoms with van der Waals surface area (Å²) >= 11 is 0. The molecule has 108 valence electrons. The highest BCUT2D eigenvalue weighted by Gasteiger charge is 2.16. The molecule has 3 nitrogen and oxygen atoms in total. The molecule has 0 saturated heterocycles. The molecule has 0 aromatic carbocycles. The van der Waals surface area contributed by atoms with Gasteiger partial charge in [-0.2, -0.15) is 0 Å². The summed E-state index contributed by atoms with van der Waals surface area (Å²) in [5, 5.41) is 3.69. The normalized spacial score (nSPS) is 18.6. The molecule has 1 aromatic heterocycles. The Kier molecular flexibility index (Phi) is 6.42. The lowest BCUT2D eigenvalue weighted by Crippen LogP contribution is -2.32. The second-order valence-corrected chi connectivity index (χ2v) is 5.97. The van der Waals surface area contributed by atoms with Crippen molar-refractivity contribution in [3.8, 4) is 0 Å². The van der Waals surface area contributed by atoms with Crippen molar-refractivity contribution in [3.63, 3.8) is 0 Å². The van der Waals surface area contributed by atoms with Gasteiger partial charge in [0.1, 0.15) is 5.82 Å². The van der Waals surface area contributed by atoms with E-state index < -0.39 is 0 Å². The lowest BCUT2D eigenvalue weighted by Gasteiger charge is -2.24. The number of aromatic nitrogens is 2. The van der Waals surface area contributed by atoms with Gasteiger partial charge in [-0.3, -0.25) is 0 Å². The van der Waals surface area contributed by atoms with Crippen molar-refractivity contribution in [1.82, 2.24) is 15.3 Å². The highest BCUT2D eigenvalue weighted by molar-refractivity contribution is 4.91. The van der Waals surface area contributed by atoms with Gasteiger partial charge in [-0.05, 0) is 31.7 Å². The van der Waals surface area contributed by atoms with Crippen LogP contribution in [0.15, 0.2) is 12.4 Å². The summed E-state index contributed by atoms with van der Waals surface area (Å²) in [5.74, 6) is 2.11. The lowest BCUT2D eigenvalue weighted by atomic mass is 9.85. The molecule has 2 N–H and O–H groups in total. The van der Waals surface area contributed by atoms with E-state index in [4.69, 9.17) is 0 Å². The SMILES string of the molecule is CCCNC(CCC1CCCCC1)Cc1ncc[nH]1. The first-order chi connectivity index (χ1) is 9.38. The van der Waals surface area contributed by atoms with Crippen LogP contribution in [0.1, 0.15) is 64.1 Å². The summed E-state index contributed by atoms with van der Waals surface area (Å²) in [7, 11) is 0. The number of imidazole rings is 1. The number of nitrogens with zero attached hydrogens (tertiary/aromatic N) is 1. The number of H-pyrrole nitrogens is 1. The maximum atomic E-state index is 4.36. The molecule has 0 amide bonds. The Morgan fingerprint density at radius 3 is 2.89 bits per heavy atom. The first-order valence-electron chi connectivity index (χ1n) is 8.10. The van der Waals surface area contributed by atoms with Crippen LogP contribution in [0, 0.1) is 5.92 Å². The molecule has 0 aliphatic heterocycles. The van der Waals surface area contributed by atoms with Gasteiger partial charge in [-0.1, -0.05) is 39.0 Å². The third-order valence-electron chi connectivity index (χ3n) is 4.33. The maximum absolute atomic E-state index is 4.36. The minimum atomic E-state index is 0.591. The van der Waals surface area contributed by atoms with Crippen LogP contribution in [0.4, 0.5) is 0 Å². The number of rotatable bonds is 8. The van der Waals surface area contributed by atoms with Crippen LogP contribution in [-0.2, 0) is 6.42 Å². The number of nitrogens with one attached hydrogen (secondary N) is 2. The molecule has 2 rings (SSSR count). The van der Waals surface area contributed by atoms with Crippen molar-refractivity contribution in [1.29, 1.82) is 0 Å². The highest BCUT2D eigenvalue weighted by Crippen LogP contribution is 2.27. The molecule has 1 aliphatic rings. The Labute approximate surface area is 117 Å². The zero-order valence-corrected chi connectivity index (χ0v) is 12.3. The van der Waals surface area contributed by atoms with Crippen molar-refractivity contribution in [2.24, 2.45) is 5.92 Å². The molecule has 0 radical (unpaired) electrons. The van der Waals surface area contributed by atoms with Crippen LogP contribution in [0.25, 0.3) is 0 Å². The molecule has 1 saturated carbocycles. The Bertz CT molecular complexity index is 315. The van der Waals surface area contributed by atoms with E-state index in [1.807, 2.05) is 12.4 Å². The molecule has 1 heterocycles. The Morgan fingerprint density at radius 1 is 1.37 bits per heavy atom. The molecule has 0 spiro atoms. The molecular formula is C16H29N3.